The minimum Gasteiger partial charge on any atom is -0.381 e. The maximum atomic E-state index is 5.84. The highest BCUT2D eigenvalue weighted by atomic mass is 16.5. The molecule has 0 amide bonds. The molecule has 0 radical (unpaired) electrons. The highest BCUT2D eigenvalue weighted by Crippen LogP contribution is 2.30. The third-order valence-electron chi connectivity index (χ3n) is 3.05. The number of nitrogen functional groups attached to an aromatic ring is 1. The van der Waals surface area contributed by atoms with Crippen molar-refractivity contribution in [2.45, 2.75) is 19.8 Å². The van der Waals surface area contributed by atoms with Crippen LogP contribution >= 0.6 is 0 Å². The maximum absolute atomic E-state index is 5.84. The van der Waals surface area contributed by atoms with Crippen molar-refractivity contribution in [3.8, 4) is 11.3 Å². The molecule has 0 aliphatic rings. The zero-order chi connectivity index (χ0) is 13.2. The molecule has 19 heavy (non-hydrogen) atoms. The predicted octanol–water partition coefficient (Wildman–Crippen LogP) is 2.82. The van der Waals surface area contributed by atoms with Crippen molar-refractivity contribution in [3.63, 3.8) is 0 Å². The van der Waals surface area contributed by atoms with E-state index in [-0.39, 0.29) is 0 Å². The minimum atomic E-state index is 0.469. The number of rotatable bonds is 3. The van der Waals surface area contributed by atoms with Gasteiger partial charge in [-0.1, -0.05) is 18.5 Å². The first-order valence-corrected chi connectivity index (χ1v) is 6.24. The quantitative estimate of drug-likeness (QED) is 0.777. The molecule has 1 aromatic carbocycles. The summed E-state index contributed by atoms with van der Waals surface area (Å²) in [5.41, 5.74) is 9.43. The Labute approximate surface area is 110 Å². The Kier molecular flexibility index (Phi) is 2.87. The number of fused-ring (bicyclic) bond motifs is 1. The van der Waals surface area contributed by atoms with Crippen molar-refractivity contribution in [2.75, 3.05) is 5.73 Å². The summed E-state index contributed by atoms with van der Waals surface area (Å²) < 4.78 is 5.36. The third kappa shape index (κ3) is 2.03. The van der Waals surface area contributed by atoms with Crippen molar-refractivity contribution in [1.29, 1.82) is 0 Å². The van der Waals surface area contributed by atoms with Crippen LogP contribution in [0.15, 0.2) is 35.1 Å². The molecule has 3 aromatic rings. The van der Waals surface area contributed by atoms with Crippen LogP contribution in [0.1, 0.15) is 18.9 Å². The fraction of sp³-hybridized carbons (Fsp3) is 0.214. The van der Waals surface area contributed by atoms with Crippen LogP contribution in [0.3, 0.4) is 0 Å². The fourth-order valence-corrected chi connectivity index (χ4v) is 2.14. The lowest BCUT2D eigenvalue weighted by Gasteiger charge is -2.02. The van der Waals surface area contributed by atoms with Gasteiger partial charge in [-0.15, -0.1) is 0 Å². The van der Waals surface area contributed by atoms with Gasteiger partial charge in [0, 0.05) is 23.5 Å². The summed E-state index contributed by atoms with van der Waals surface area (Å²) >= 11 is 0. The van der Waals surface area contributed by atoms with Crippen LogP contribution in [0, 0.1) is 0 Å². The van der Waals surface area contributed by atoms with Crippen LogP contribution in [-0.4, -0.2) is 15.1 Å². The zero-order valence-electron chi connectivity index (χ0n) is 10.6. The summed E-state index contributed by atoms with van der Waals surface area (Å²) in [5, 5.41) is 3.86. The van der Waals surface area contributed by atoms with E-state index >= 15 is 0 Å². The highest BCUT2D eigenvalue weighted by Gasteiger charge is 2.15. The first-order chi connectivity index (χ1) is 9.29. The van der Waals surface area contributed by atoms with Crippen molar-refractivity contribution < 1.29 is 4.52 Å². The standard InChI is InChI=1S/C14H14N4O/c1-2-3-10-13(19-18-14(10)15)9-4-5-11-12(8-9)17-7-6-16-11/h4-8H,2-3H2,1H3,(H2,15,18). The Morgan fingerprint density at radius 1 is 1.16 bits per heavy atom. The van der Waals surface area contributed by atoms with Gasteiger partial charge >= 0.3 is 0 Å². The lowest BCUT2D eigenvalue weighted by molar-refractivity contribution is 0.435. The molecule has 3 rings (SSSR count). The van der Waals surface area contributed by atoms with E-state index in [0.29, 0.717) is 5.82 Å². The Bertz CT molecular complexity index is 720. The van der Waals surface area contributed by atoms with Crippen LogP contribution < -0.4 is 5.73 Å². The Hall–Kier alpha value is -2.43. The van der Waals surface area contributed by atoms with Crippen molar-refractivity contribution in [3.05, 3.63) is 36.2 Å². The van der Waals surface area contributed by atoms with Crippen molar-refractivity contribution in [1.82, 2.24) is 15.1 Å². The molecular formula is C14H14N4O. The second kappa shape index (κ2) is 4.68. The molecule has 2 N–H and O–H groups in total. The van der Waals surface area contributed by atoms with E-state index in [0.717, 1.165) is 40.8 Å². The number of aromatic nitrogens is 3. The lowest BCUT2D eigenvalue weighted by atomic mass is 10.0. The smallest absolute Gasteiger partial charge is 0.172 e. The molecule has 0 fully saturated rings. The molecule has 0 atom stereocenters. The van der Waals surface area contributed by atoms with Gasteiger partial charge in [0.05, 0.1) is 11.0 Å². The number of nitrogens with two attached hydrogens (primary N) is 1. The second-order valence-corrected chi connectivity index (χ2v) is 4.39. The number of anilines is 1. The Balaban J connectivity index is 2.13. The molecule has 0 unspecified atom stereocenters. The van der Waals surface area contributed by atoms with E-state index in [1.165, 1.54) is 0 Å². The molecule has 0 spiro atoms. The molecule has 5 heteroatoms. The zero-order valence-corrected chi connectivity index (χ0v) is 10.6. The first-order valence-electron chi connectivity index (χ1n) is 6.24. The summed E-state index contributed by atoms with van der Waals surface area (Å²) in [4.78, 5) is 8.54. The fourth-order valence-electron chi connectivity index (χ4n) is 2.14. The Morgan fingerprint density at radius 3 is 2.74 bits per heavy atom. The van der Waals surface area contributed by atoms with E-state index in [9.17, 15) is 0 Å². The van der Waals surface area contributed by atoms with Crippen LogP contribution in [0.4, 0.5) is 5.82 Å². The number of nitrogens with zero attached hydrogens (tertiary/aromatic N) is 3. The van der Waals surface area contributed by atoms with E-state index in [1.54, 1.807) is 12.4 Å². The summed E-state index contributed by atoms with van der Waals surface area (Å²) in [6.07, 6.45) is 5.19. The summed E-state index contributed by atoms with van der Waals surface area (Å²) in [5.74, 6) is 1.20. The van der Waals surface area contributed by atoms with Gasteiger partial charge in [0.1, 0.15) is 0 Å². The monoisotopic (exact) mass is 254 g/mol. The third-order valence-corrected chi connectivity index (χ3v) is 3.05. The summed E-state index contributed by atoms with van der Waals surface area (Å²) in [6.45, 7) is 2.10. The summed E-state index contributed by atoms with van der Waals surface area (Å²) in [6, 6.07) is 5.82. The average Bonchev–Trinajstić information content (AvgIpc) is 2.80. The molecule has 0 aliphatic heterocycles. The normalized spacial score (nSPS) is 11.0. The topological polar surface area (TPSA) is 77.8 Å². The van der Waals surface area contributed by atoms with E-state index in [1.807, 2.05) is 18.2 Å². The lowest BCUT2D eigenvalue weighted by Crippen LogP contribution is -1.93. The second-order valence-electron chi connectivity index (χ2n) is 4.39. The molecular weight excluding hydrogens is 240 g/mol. The Morgan fingerprint density at radius 2 is 1.95 bits per heavy atom. The van der Waals surface area contributed by atoms with Crippen molar-refractivity contribution >= 4 is 16.9 Å². The SMILES string of the molecule is CCCc1c(N)noc1-c1ccc2nccnc2c1. The number of hydrogen-bond donors (Lipinski definition) is 1. The van der Waals surface area contributed by atoms with Crippen LogP contribution in [-0.2, 0) is 6.42 Å². The van der Waals surface area contributed by atoms with E-state index in [2.05, 4.69) is 22.0 Å². The predicted molar refractivity (Wildman–Crippen MR) is 73.4 cm³/mol. The molecule has 0 saturated carbocycles. The van der Waals surface area contributed by atoms with Crippen LogP contribution in [0.25, 0.3) is 22.4 Å². The number of hydrogen-bond acceptors (Lipinski definition) is 5. The van der Waals surface area contributed by atoms with Gasteiger partial charge in [-0.05, 0) is 24.6 Å². The maximum Gasteiger partial charge on any atom is 0.172 e. The van der Waals surface area contributed by atoms with Gasteiger partial charge in [0.15, 0.2) is 11.6 Å². The molecule has 96 valence electrons. The van der Waals surface area contributed by atoms with Crippen LogP contribution in [0.2, 0.25) is 0 Å². The van der Waals surface area contributed by atoms with Gasteiger partial charge in [-0.3, -0.25) is 9.97 Å². The van der Waals surface area contributed by atoms with Crippen molar-refractivity contribution in [2.24, 2.45) is 0 Å². The first kappa shape index (κ1) is 11.6. The molecule has 2 heterocycles. The highest BCUT2D eigenvalue weighted by molar-refractivity contribution is 5.81. The van der Waals surface area contributed by atoms with E-state index in [4.69, 9.17) is 10.3 Å². The van der Waals surface area contributed by atoms with E-state index < -0.39 is 0 Å². The molecule has 5 nitrogen and oxygen atoms in total. The summed E-state index contributed by atoms with van der Waals surface area (Å²) in [7, 11) is 0. The van der Waals surface area contributed by atoms with Gasteiger partial charge in [0.25, 0.3) is 0 Å². The minimum absolute atomic E-state index is 0.469. The van der Waals surface area contributed by atoms with Gasteiger partial charge in [-0.2, -0.15) is 0 Å². The average molecular weight is 254 g/mol. The van der Waals surface area contributed by atoms with Gasteiger partial charge < -0.3 is 10.3 Å². The van der Waals surface area contributed by atoms with Gasteiger partial charge in [0.2, 0.25) is 0 Å². The molecule has 2 aromatic heterocycles. The number of benzene rings is 1. The van der Waals surface area contributed by atoms with Gasteiger partial charge in [-0.25, -0.2) is 0 Å². The largest absolute Gasteiger partial charge is 0.381 e. The molecule has 0 saturated heterocycles. The molecule has 0 aliphatic carbocycles. The van der Waals surface area contributed by atoms with Crippen LogP contribution in [0.5, 0.6) is 0 Å². The molecule has 0 bridgehead atoms.